The predicted octanol–water partition coefficient (Wildman–Crippen LogP) is 2.64. The van der Waals surface area contributed by atoms with Crippen molar-refractivity contribution in [2.45, 2.75) is 32.2 Å². The zero-order valence-electron chi connectivity index (χ0n) is 10.4. The van der Waals surface area contributed by atoms with Gasteiger partial charge in [0, 0.05) is 17.6 Å². The Bertz CT molecular complexity index is 446. The van der Waals surface area contributed by atoms with Gasteiger partial charge >= 0.3 is 0 Å². The average molecular weight is 268 g/mol. The standard InChI is InChI=1S/C13H18ClN3O/c1-2-7-17(10-4-5-10)13(18)11-8-9(14)3-6-12(11)16-15/h3,6,8,10,16H,2,4-5,7,15H2,1H3. The van der Waals surface area contributed by atoms with Crippen LogP contribution in [0.5, 0.6) is 0 Å². The Hall–Kier alpha value is -1.26. The number of hydrogen-bond donors (Lipinski definition) is 2. The van der Waals surface area contributed by atoms with Crippen molar-refractivity contribution in [1.82, 2.24) is 4.90 Å². The van der Waals surface area contributed by atoms with E-state index >= 15 is 0 Å². The van der Waals surface area contributed by atoms with Gasteiger partial charge in [-0.3, -0.25) is 10.6 Å². The Balaban J connectivity index is 2.28. The smallest absolute Gasteiger partial charge is 0.256 e. The third-order valence-corrected chi connectivity index (χ3v) is 3.32. The van der Waals surface area contributed by atoms with E-state index in [2.05, 4.69) is 12.3 Å². The molecule has 0 atom stereocenters. The number of nitrogens with one attached hydrogen (secondary N) is 1. The third-order valence-electron chi connectivity index (χ3n) is 3.08. The zero-order chi connectivity index (χ0) is 13.1. The summed E-state index contributed by atoms with van der Waals surface area (Å²) < 4.78 is 0. The number of carbonyl (C=O) groups is 1. The number of carbonyl (C=O) groups excluding carboxylic acids is 1. The Kier molecular flexibility index (Phi) is 4.09. The molecule has 0 saturated heterocycles. The molecule has 1 saturated carbocycles. The largest absolute Gasteiger partial charge is 0.336 e. The quantitative estimate of drug-likeness (QED) is 0.637. The highest BCUT2D eigenvalue weighted by Crippen LogP contribution is 2.30. The molecule has 0 radical (unpaired) electrons. The molecule has 3 N–H and O–H groups in total. The van der Waals surface area contributed by atoms with Crippen LogP contribution in [0.1, 0.15) is 36.5 Å². The highest BCUT2D eigenvalue weighted by molar-refractivity contribution is 6.31. The topological polar surface area (TPSA) is 58.4 Å². The van der Waals surface area contributed by atoms with Crippen LogP contribution in [0.4, 0.5) is 5.69 Å². The van der Waals surface area contributed by atoms with Crippen LogP contribution in [0.15, 0.2) is 18.2 Å². The second kappa shape index (κ2) is 5.59. The van der Waals surface area contributed by atoms with Gasteiger partial charge in [-0.05, 0) is 37.5 Å². The van der Waals surface area contributed by atoms with Crippen LogP contribution in [0.25, 0.3) is 0 Å². The molecule has 5 heteroatoms. The molecule has 18 heavy (non-hydrogen) atoms. The second-order valence-electron chi connectivity index (χ2n) is 4.56. The SMILES string of the molecule is CCCN(C(=O)c1cc(Cl)ccc1NN)C1CC1. The van der Waals surface area contributed by atoms with Crippen LogP contribution < -0.4 is 11.3 Å². The van der Waals surface area contributed by atoms with E-state index in [1.54, 1.807) is 18.2 Å². The van der Waals surface area contributed by atoms with Crippen molar-refractivity contribution in [3.63, 3.8) is 0 Å². The van der Waals surface area contributed by atoms with Crippen molar-refractivity contribution in [2.75, 3.05) is 12.0 Å². The molecule has 98 valence electrons. The van der Waals surface area contributed by atoms with Gasteiger partial charge in [0.1, 0.15) is 0 Å². The fraction of sp³-hybridized carbons (Fsp3) is 0.462. The van der Waals surface area contributed by atoms with Crippen molar-refractivity contribution >= 4 is 23.2 Å². The Morgan fingerprint density at radius 3 is 2.83 bits per heavy atom. The molecule has 1 aliphatic carbocycles. The number of hydrogen-bond acceptors (Lipinski definition) is 3. The monoisotopic (exact) mass is 267 g/mol. The maximum absolute atomic E-state index is 12.5. The van der Waals surface area contributed by atoms with Gasteiger partial charge in [0.05, 0.1) is 11.3 Å². The second-order valence-corrected chi connectivity index (χ2v) is 5.00. The predicted molar refractivity (Wildman–Crippen MR) is 73.6 cm³/mol. The van der Waals surface area contributed by atoms with Gasteiger partial charge in [-0.15, -0.1) is 0 Å². The maximum Gasteiger partial charge on any atom is 0.256 e. The Morgan fingerprint density at radius 1 is 1.56 bits per heavy atom. The van der Waals surface area contributed by atoms with Crippen LogP contribution in [-0.2, 0) is 0 Å². The molecule has 0 aromatic heterocycles. The first-order valence-corrected chi connectivity index (χ1v) is 6.62. The summed E-state index contributed by atoms with van der Waals surface area (Å²) in [5.41, 5.74) is 3.72. The number of amides is 1. The molecule has 1 aliphatic rings. The Labute approximate surface area is 112 Å². The van der Waals surface area contributed by atoms with Crippen molar-refractivity contribution in [3.8, 4) is 0 Å². The minimum atomic E-state index is 0.00907. The van der Waals surface area contributed by atoms with Gasteiger partial charge in [0.2, 0.25) is 0 Å². The zero-order valence-corrected chi connectivity index (χ0v) is 11.2. The van der Waals surface area contributed by atoms with Crippen molar-refractivity contribution in [1.29, 1.82) is 0 Å². The third kappa shape index (κ3) is 2.76. The first kappa shape index (κ1) is 13.2. The number of rotatable bonds is 5. The van der Waals surface area contributed by atoms with E-state index in [9.17, 15) is 4.79 Å². The van der Waals surface area contributed by atoms with E-state index in [1.807, 2.05) is 4.90 Å². The van der Waals surface area contributed by atoms with E-state index in [4.69, 9.17) is 17.4 Å². The van der Waals surface area contributed by atoms with Gasteiger partial charge in [0.15, 0.2) is 0 Å². The lowest BCUT2D eigenvalue weighted by atomic mass is 10.1. The number of nitrogens with two attached hydrogens (primary N) is 1. The summed E-state index contributed by atoms with van der Waals surface area (Å²) in [5, 5.41) is 0.546. The molecule has 4 nitrogen and oxygen atoms in total. The molecule has 0 unspecified atom stereocenters. The number of halogens is 1. The van der Waals surface area contributed by atoms with Crippen molar-refractivity contribution in [3.05, 3.63) is 28.8 Å². The van der Waals surface area contributed by atoms with Crippen LogP contribution in [-0.4, -0.2) is 23.4 Å². The molecule has 0 spiro atoms. The minimum absolute atomic E-state index is 0.00907. The van der Waals surface area contributed by atoms with Gasteiger partial charge in [-0.25, -0.2) is 0 Å². The van der Waals surface area contributed by atoms with E-state index in [1.165, 1.54) is 0 Å². The maximum atomic E-state index is 12.5. The molecule has 1 fully saturated rings. The van der Waals surface area contributed by atoms with Crippen molar-refractivity contribution < 1.29 is 4.79 Å². The van der Waals surface area contributed by atoms with Crippen LogP contribution in [0, 0.1) is 0 Å². The highest BCUT2D eigenvalue weighted by Gasteiger charge is 2.33. The number of hydrazine groups is 1. The highest BCUT2D eigenvalue weighted by atomic mass is 35.5. The van der Waals surface area contributed by atoms with Gasteiger partial charge < -0.3 is 10.3 Å². The van der Waals surface area contributed by atoms with Crippen LogP contribution >= 0.6 is 11.6 Å². The minimum Gasteiger partial charge on any atom is -0.336 e. The summed E-state index contributed by atoms with van der Waals surface area (Å²) in [7, 11) is 0. The molecule has 1 amide bonds. The number of benzene rings is 1. The molecular formula is C13H18ClN3O. The normalized spacial score (nSPS) is 14.4. The molecule has 0 bridgehead atoms. The summed E-state index contributed by atoms with van der Waals surface area (Å²) in [6.45, 7) is 2.85. The van der Waals surface area contributed by atoms with E-state index in [0.717, 1.165) is 25.8 Å². The lowest BCUT2D eigenvalue weighted by Crippen LogP contribution is -2.34. The van der Waals surface area contributed by atoms with Gasteiger partial charge in [0.25, 0.3) is 5.91 Å². The number of nitrogens with zero attached hydrogens (tertiary/aromatic N) is 1. The van der Waals surface area contributed by atoms with E-state index in [-0.39, 0.29) is 5.91 Å². The Morgan fingerprint density at radius 2 is 2.28 bits per heavy atom. The molecule has 1 aromatic carbocycles. The fourth-order valence-electron chi connectivity index (χ4n) is 2.05. The lowest BCUT2D eigenvalue weighted by molar-refractivity contribution is 0.0744. The number of nitrogen functional groups attached to an aromatic ring is 1. The van der Waals surface area contributed by atoms with Gasteiger partial charge in [-0.2, -0.15) is 0 Å². The van der Waals surface area contributed by atoms with Crippen LogP contribution in [0.3, 0.4) is 0 Å². The first-order chi connectivity index (χ1) is 8.67. The molecule has 0 heterocycles. The molecule has 1 aromatic rings. The van der Waals surface area contributed by atoms with Crippen LogP contribution in [0.2, 0.25) is 5.02 Å². The van der Waals surface area contributed by atoms with Gasteiger partial charge in [-0.1, -0.05) is 18.5 Å². The average Bonchev–Trinajstić information content (AvgIpc) is 3.19. The summed E-state index contributed by atoms with van der Waals surface area (Å²) in [6, 6.07) is 5.51. The fourth-order valence-corrected chi connectivity index (χ4v) is 2.22. The summed E-state index contributed by atoms with van der Waals surface area (Å²) >= 11 is 5.96. The summed E-state index contributed by atoms with van der Waals surface area (Å²) in [4.78, 5) is 14.4. The lowest BCUT2D eigenvalue weighted by Gasteiger charge is -2.23. The first-order valence-electron chi connectivity index (χ1n) is 6.24. The number of anilines is 1. The molecule has 2 rings (SSSR count). The summed E-state index contributed by atoms with van der Waals surface area (Å²) in [5.74, 6) is 5.45. The van der Waals surface area contributed by atoms with E-state index < -0.39 is 0 Å². The van der Waals surface area contributed by atoms with Crippen molar-refractivity contribution in [2.24, 2.45) is 5.84 Å². The molecule has 0 aliphatic heterocycles. The molecular weight excluding hydrogens is 250 g/mol. The van der Waals surface area contributed by atoms with E-state index in [0.29, 0.717) is 22.3 Å². The summed E-state index contributed by atoms with van der Waals surface area (Å²) in [6.07, 6.45) is 3.14.